The summed E-state index contributed by atoms with van der Waals surface area (Å²) in [5, 5.41) is 15.7. The first kappa shape index (κ1) is 25.9. The van der Waals surface area contributed by atoms with Crippen LogP contribution >= 0.6 is 0 Å². The number of anilines is 1. The first-order chi connectivity index (χ1) is 20.9. The molecule has 2 unspecified atom stereocenters. The van der Waals surface area contributed by atoms with Crippen molar-refractivity contribution in [2.45, 2.75) is 75.3 Å². The molecule has 9 rings (SSSR count). The van der Waals surface area contributed by atoms with Gasteiger partial charge < -0.3 is 24.6 Å². The van der Waals surface area contributed by atoms with Crippen molar-refractivity contribution >= 4 is 27.6 Å². The Kier molecular flexibility index (Phi) is 5.70. The van der Waals surface area contributed by atoms with E-state index < -0.39 is 12.0 Å². The molecule has 5 aliphatic heterocycles. The molecule has 0 amide bonds. The first-order valence-electron chi connectivity index (χ1n) is 15.7. The predicted octanol–water partition coefficient (Wildman–Crippen LogP) is 4.33. The van der Waals surface area contributed by atoms with Gasteiger partial charge in [-0.1, -0.05) is 0 Å². The van der Waals surface area contributed by atoms with E-state index in [0.717, 1.165) is 75.6 Å². The van der Waals surface area contributed by atoms with E-state index in [1.54, 1.807) is 18.3 Å². The van der Waals surface area contributed by atoms with Gasteiger partial charge in [-0.3, -0.25) is 9.88 Å². The van der Waals surface area contributed by atoms with E-state index in [2.05, 4.69) is 35.7 Å². The molecule has 0 saturated carbocycles. The van der Waals surface area contributed by atoms with Gasteiger partial charge in [0.15, 0.2) is 5.82 Å². The van der Waals surface area contributed by atoms with Gasteiger partial charge in [-0.15, -0.1) is 0 Å². The van der Waals surface area contributed by atoms with Crippen LogP contribution < -0.4 is 15.0 Å². The average molecular weight is 588 g/mol. The Hall–Kier alpha value is -3.57. The molecule has 3 aromatic heterocycles. The smallest absolute Gasteiger partial charge is 0.319 e. The number of piperazine rings is 1. The summed E-state index contributed by atoms with van der Waals surface area (Å²) in [5.41, 5.74) is 2.54. The SMILES string of the molecule is Oc1cc(-c2ncc3c(N4CC5CCC(C4)N5)nc(OC[C@@]45CCCN4C[C@H](F)C5)nc3c2F)c2c(c1)cc1n2CCC1. The standard InChI is InChI=1S/C32H35F2N7O2/c33-19-12-32(6-2-7-40(32)14-19)17-43-31-37-28-25(30(38-31)39-15-20-4-5-21(16-39)36-20)13-35-27(26(28)34)24-11-23(42)10-18-9-22-3-1-8-41(22)29(18)24/h9-11,13,19-21,36,42H,1-8,12,14-17H2/t19-,20?,21?,32+/m1/s1. The van der Waals surface area contributed by atoms with Crippen molar-refractivity contribution < 1.29 is 18.6 Å². The van der Waals surface area contributed by atoms with Gasteiger partial charge in [0, 0.05) is 67.5 Å². The number of aromatic hydroxyl groups is 1. The molecule has 4 atom stereocenters. The average Bonchev–Trinajstić information content (AvgIpc) is 3.79. The second-order valence-corrected chi connectivity index (χ2v) is 13.2. The fourth-order valence-corrected chi connectivity index (χ4v) is 8.65. The van der Waals surface area contributed by atoms with Crippen LogP contribution in [0.1, 0.15) is 44.2 Å². The Morgan fingerprint density at radius 1 is 1.07 bits per heavy atom. The molecule has 4 saturated heterocycles. The van der Waals surface area contributed by atoms with Crippen molar-refractivity contribution in [3.05, 3.63) is 35.9 Å². The van der Waals surface area contributed by atoms with Gasteiger partial charge in [0.05, 0.1) is 16.4 Å². The monoisotopic (exact) mass is 587 g/mol. The van der Waals surface area contributed by atoms with Gasteiger partial charge in [-0.25, -0.2) is 8.78 Å². The van der Waals surface area contributed by atoms with Gasteiger partial charge in [0.2, 0.25) is 0 Å². The van der Waals surface area contributed by atoms with Crippen LogP contribution in [0.15, 0.2) is 24.4 Å². The van der Waals surface area contributed by atoms with Crippen LogP contribution in [-0.4, -0.2) is 86.1 Å². The molecule has 8 heterocycles. The molecule has 0 spiro atoms. The maximum atomic E-state index is 16.8. The van der Waals surface area contributed by atoms with Gasteiger partial charge in [-0.05, 0) is 63.3 Å². The zero-order chi connectivity index (χ0) is 28.9. The van der Waals surface area contributed by atoms with Crippen molar-refractivity contribution in [1.29, 1.82) is 0 Å². The summed E-state index contributed by atoms with van der Waals surface area (Å²) >= 11 is 0. The number of ether oxygens (including phenoxy) is 1. The van der Waals surface area contributed by atoms with Crippen molar-refractivity contribution in [2.75, 3.05) is 37.7 Å². The molecule has 0 radical (unpaired) electrons. The molecular weight excluding hydrogens is 552 g/mol. The number of phenols is 1. The molecular formula is C32H35F2N7O2. The summed E-state index contributed by atoms with van der Waals surface area (Å²) in [6.45, 7) is 3.94. The second kappa shape index (κ2) is 9.46. The maximum Gasteiger partial charge on any atom is 0.319 e. The summed E-state index contributed by atoms with van der Waals surface area (Å²) in [7, 11) is 0. The number of pyridine rings is 1. The number of hydrogen-bond acceptors (Lipinski definition) is 8. The van der Waals surface area contributed by atoms with Crippen LogP contribution in [0.5, 0.6) is 11.8 Å². The largest absolute Gasteiger partial charge is 0.508 e. The Morgan fingerprint density at radius 2 is 1.93 bits per heavy atom. The number of halogens is 2. The Morgan fingerprint density at radius 3 is 2.79 bits per heavy atom. The number of fused-ring (bicyclic) bond motifs is 7. The number of hydrogen-bond donors (Lipinski definition) is 2. The normalized spacial score (nSPS) is 28.3. The molecule has 5 aliphatic rings. The number of nitrogens with one attached hydrogen (secondary N) is 1. The summed E-state index contributed by atoms with van der Waals surface area (Å²) in [6, 6.07) is 6.22. The van der Waals surface area contributed by atoms with E-state index in [4.69, 9.17) is 9.72 Å². The highest BCUT2D eigenvalue weighted by Crippen LogP contribution is 2.42. The van der Waals surface area contributed by atoms with Crippen molar-refractivity contribution in [3.8, 4) is 23.0 Å². The Balaban J connectivity index is 1.17. The van der Waals surface area contributed by atoms with Gasteiger partial charge in [0.25, 0.3) is 0 Å². The second-order valence-electron chi connectivity index (χ2n) is 13.2. The fraction of sp³-hybridized carbons (Fsp3) is 0.531. The first-order valence-corrected chi connectivity index (χ1v) is 15.7. The van der Waals surface area contributed by atoms with Crippen LogP contribution in [-0.2, 0) is 13.0 Å². The van der Waals surface area contributed by atoms with Crippen molar-refractivity contribution in [2.24, 2.45) is 0 Å². The Labute approximate surface area is 247 Å². The third kappa shape index (κ3) is 4.03. The molecule has 43 heavy (non-hydrogen) atoms. The number of rotatable bonds is 5. The zero-order valence-corrected chi connectivity index (χ0v) is 24.0. The number of nitrogens with zero attached hydrogens (tertiary/aromatic N) is 6. The summed E-state index contributed by atoms with van der Waals surface area (Å²) in [6.07, 6.45) is 7.30. The van der Waals surface area contributed by atoms with Crippen LogP contribution in [0.3, 0.4) is 0 Å². The molecule has 4 fully saturated rings. The molecule has 2 N–H and O–H groups in total. The number of phenolic OH excluding ortho intramolecular Hbond substituents is 1. The van der Waals surface area contributed by atoms with Crippen LogP contribution in [0.2, 0.25) is 0 Å². The van der Waals surface area contributed by atoms with E-state index >= 15 is 4.39 Å². The number of aromatic nitrogens is 4. The van der Waals surface area contributed by atoms with Crippen LogP contribution in [0, 0.1) is 5.82 Å². The van der Waals surface area contributed by atoms with Gasteiger partial charge in [0.1, 0.15) is 35.6 Å². The minimum atomic E-state index is -0.867. The minimum Gasteiger partial charge on any atom is -0.508 e. The molecule has 11 heteroatoms. The highest BCUT2D eigenvalue weighted by atomic mass is 19.1. The third-order valence-corrected chi connectivity index (χ3v) is 10.5. The van der Waals surface area contributed by atoms with E-state index in [1.165, 1.54) is 5.69 Å². The lowest BCUT2D eigenvalue weighted by molar-refractivity contribution is 0.107. The van der Waals surface area contributed by atoms with Crippen molar-refractivity contribution in [1.82, 2.24) is 29.7 Å². The highest BCUT2D eigenvalue weighted by molar-refractivity contribution is 5.99. The summed E-state index contributed by atoms with van der Waals surface area (Å²) in [4.78, 5) is 18.6. The minimum absolute atomic E-state index is 0.0693. The predicted molar refractivity (Wildman–Crippen MR) is 159 cm³/mol. The van der Waals surface area contributed by atoms with E-state index in [9.17, 15) is 9.50 Å². The van der Waals surface area contributed by atoms with Crippen molar-refractivity contribution in [3.63, 3.8) is 0 Å². The molecule has 1 aromatic carbocycles. The van der Waals surface area contributed by atoms with Crippen LogP contribution in [0.25, 0.3) is 33.1 Å². The summed E-state index contributed by atoms with van der Waals surface area (Å²) in [5.74, 6) is 0.131. The lowest BCUT2D eigenvalue weighted by Gasteiger charge is -2.34. The number of alkyl halides is 1. The molecule has 4 aromatic rings. The molecule has 0 aliphatic carbocycles. The highest BCUT2D eigenvalue weighted by Gasteiger charge is 2.49. The van der Waals surface area contributed by atoms with Crippen LogP contribution in [0.4, 0.5) is 14.6 Å². The lowest BCUT2D eigenvalue weighted by atomic mass is 9.95. The fourth-order valence-electron chi connectivity index (χ4n) is 8.65. The maximum absolute atomic E-state index is 16.8. The third-order valence-electron chi connectivity index (χ3n) is 10.5. The summed E-state index contributed by atoms with van der Waals surface area (Å²) < 4.78 is 39.7. The number of aryl methyl sites for hydroxylation is 2. The topological polar surface area (TPSA) is 91.6 Å². The van der Waals surface area contributed by atoms with E-state index in [0.29, 0.717) is 41.8 Å². The van der Waals surface area contributed by atoms with Gasteiger partial charge in [-0.2, -0.15) is 9.97 Å². The molecule has 224 valence electrons. The van der Waals surface area contributed by atoms with E-state index in [1.807, 2.05) is 0 Å². The number of benzene rings is 1. The quantitative estimate of drug-likeness (QED) is 0.357. The molecule has 2 bridgehead atoms. The Bertz CT molecular complexity index is 1770. The van der Waals surface area contributed by atoms with E-state index in [-0.39, 0.29) is 35.1 Å². The zero-order valence-electron chi connectivity index (χ0n) is 24.0. The van der Waals surface area contributed by atoms with Gasteiger partial charge >= 0.3 is 6.01 Å². The lowest BCUT2D eigenvalue weighted by Crippen LogP contribution is -2.51. The molecule has 9 nitrogen and oxygen atoms in total.